The van der Waals surface area contributed by atoms with Gasteiger partial charge in [0.05, 0.1) is 0 Å². The molecule has 2 unspecified atom stereocenters. The minimum Gasteiger partial charge on any atom is -0.292 e. The Labute approximate surface area is 102 Å². The molecule has 0 spiro atoms. The molecule has 2 atom stereocenters. The van der Waals surface area contributed by atoms with Crippen molar-refractivity contribution in [3.05, 3.63) is 33.8 Å². The van der Waals surface area contributed by atoms with E-state index in [1.54, 1.807) is 6.07 Å². The van der Waals surface area contributed by atoms with Crippen LogP contribution in [0.5, 0.6) is 0 Å². The number of hydrogen-bond acceptors (Lipinski definition) is 1. The van der Waals surface area contributed by atoms with Gasteiger partial charge in [-0.2, -0.15) is 0 Å². The summed E-state index contributed by atoms with van der Waals surface area (Å²) >= 11 is 15.4. The molecular weight excluding hydrogens is 285 g/mol. The van der Waals surface area contributed by atoms with E-state index in [0.29, 0.717) is 11.1 Å². The van der Waals surface area contributed by atoms with E-state index in [-0.39, 0.29) is 0 Å². The summed E-state index contributed by atoms with van der Waals surface area (Å²) in [7, 11) is 0. The minimum atomic E-state index is 0.682. The van der Waals surface area contributed by atoms with Gasteiger partial charge in [0.2, 0.25) is 0 Å². The molecule has 1 aromatic rings. The molecule has 0 aliphatic carbocycles. The lowest BCUT2D eigenvalue weighted by atomic mass is 10.2. The van der Waals surface area contributed by atoms with E-state index < -0.39 is 0 Å². The van der Waals surface area contributed by atoms with Crippen LogP contribution in [0.3, 0.4) is 0 Å². The van der Waals surface area contributed by atoms with E-state index in [1.165, 1.54) is 0 Å². The highest BCUT2D eigenvalue weighted by Crippen LogP contribution is 2.27. The molecule has 0 N–H and O–H groups in total. The van der Waals surface area contributed by atoms with Crippen molar-refractivity contribution >= 4 is 39.1 Å². The molecule has 1 heterocycles. The average Bonchev–Trinajstić information content (AvgIpc) is 2.89. The Balaban J connectivity index is 2.03. The average molecular weight is 295 g/mol. The zero-order valence-corrected chi connectivity index (χ0v) is 10.6. The van der Waals surface area contributed by atoms with E-state index >= 15 is 0 Å². The fraction of sp³-hybridized carbons (Fsp3) is 0.400. The highest BCUT2D eigenvalue weighted by molar-refractivity contribution is 9.09. The van der Waals surface area contributed by atoms with Crippen LogP contribution in [-0.4, -0.2) is 22.8 Å². The second-order valence-electron chi connectivity index (χ2n) is 3.47. The predicted octanol–water partition coefficient (Wildman–Crippen LogP) is 3.57. The summed E-state index contributed by atoms with van der Waals surface area (Å²) in [6, 6.07) is 6.36. The van der Waals surface area contributed by atoms with E-state index in [1.807, 2.05) is 12.1 Å². The van der Waals surface area contributed by atoms with Gasteiger partial charge in [0.1, 0.15) is 0 Å². The first-order valence-electron chi connectivity index (χ1n) is 4.44. The molecule has 76 valence electrons. The number of hydrogen-bond donors (Lipinski definition) is 0. The Morgan fingerprint density at radius 1 is 1.43 bits per heavy atom. The maximum absolute atomic E-state index is 6.07. The van der Waals surface area contributed by atoms with Gasteiger partial charge in [-0.3, -0.25) is 4.90 Å². The largest absolute Gasteiger partial charge is 0.292 e. The molecule has 1 saturated heterocycles. The van der Waals surface area contributed by atoms with Crippen molar-refractivity contribution in [1.82, 2.24) is 4.90 Å². The lowest BCUT2D eigenvalue weighted by Gasteiger charge is -2.05. The van der Waals surface area contributed by atoms with Gasteiger partial charge in [0.15, 0.2) is 0 Å². The molecule has 1 aromatic carbocycles. The summed E-state index contributed by atoms with van der Waals surface area (Å²) in [4.78, 5) is 2.36. The Morgan fingerprint density at radius 3 is 2.79 bits per heavy atom. The molecule has 14 heavy (non-hydrogen) atoms. The third-order valence-corrected chi connectivity index (χ3v) is 3.73. The highest BCUT2D eigenvalue weighted by Gasteiger charge is 2.32. The molecule has 0 bridgehead atoms. The topological polar surface area (TPSA) is 3.01 Å². The summed E-state index contributed by atoms with van der Waals surface area (Å²) in [5, 5.41) is 2.50. The van der Waals surface area contributed by atoms with Gasteiger partial charge in [-0.25, -0.2) is 0 Å². The van der Waals surface area contributed by atoms with Crippen molar-refractivity contribution in [3.8, 4) is 0 Å². The smallest absolute Gasteiger partial charge is 0.0465 e. The van der Waals surface area contributed by atoms with Gasteiger partial charge in [0.25, 0.3) is 0 Å². The molecule has 1 aliphatic heterocycles. The van der Waals surface area contributed by atoms with Crippen LogP contribution in [0.4, 0.5) is 0 Å². The van der Waals surface area contributed by atoms with Crippen LogP contribution < -0.4 is 0 Å². The van der Waals surface area contributed by atoms with E-state index in [2.05, 4.69) is 20.8 Å². The van der Waals surface area contributed by atoms with Crippen LogP contribution in [0.15, 0.2) is 18.2 Å². The predicted molar refractivity (Wildman–Crippen MR) is 64.5 cm³/mol. The second kappa shape index (κ2) is 4.40. The van der Waals surface area contributed by atoms with Gasteiger partial charge in [0, 0.05) is 34.5 Å². The fourth-order valence-corrected chi connectivity index (χ4v) is 2.51. The van der Waals surface area contributed by atoms with Crippen LogP contribution in [0, 0.1) is 0 Å². The summed E-state index contributed by atoms with van der Waals surface area (Å²) in [6.45, 7) is 2.08. The summed E-state index contributed by atoms with van der Waals surface area (Å²) in [5.41, 5.74) is 1.15. The van der Waals surface area contributed by atoms with Crippen molar-refractivity contribution in [3.63, 3.8) is 0 Å². The van der Waals surface area contributed by atoms with Crippen LogP contribution in [0.1, 0.15) is 5.56 Å². The van der Waals surface area contributed by atoms with Crippen LogP contribution in [0.2, 0.25) is 10.0 Å². The lowest BCUT2D eigenvalue weighted by Crippen LogP contribution is -2.03. The second-order valence-corrected chi connectivity index (χ2v) is 4.96. The first-order chi connectivity index (χ1) is 6.70. The summed E-state index contributed by atoms with van der Waals surface area (Å²) in [5.74, 6) is 0. The van der Waals surface area contributed by atoms with E-state index in [4.69, 9.17) is 23.2 Å². The summed E-state index contributed by atoms with van der Waals surface area (Å²) in [6.07, 6.45) is 0. The Morgan fingerprint density at radius 2 is 2.21 bits per heavy atom. The molecule has 4 heteroatoms. The quantitative estimate of drug-likeness (QED) is 0.608. The van der Waals surface area contributed by atoms with Crippen LogP contribution in [-0.2, 0) is 6.54 Å². The number of halogens is 3. The monoisotopic (exact) mass is 293 g/mol. The van der Waals surface area contributed by atoms with Gasteiger partial charge in [-0.15, -0.1) is 0 Å². The van der Waals surface area contributed by atoms with Gasteiger partial charge >= 0.3 is 0 Å². The zero-order valence-electron chi connectivity index (χ0n) is 7.51. The highest BCUT2D eigenvalue weighted by atomic mass is 79.9. The first kappa shape index (κ1) is 10.7. The number of benzene rings is 1. The van der Waals surface area contributed by atoms with Crippen molar-refractivity contribution in [2.45, 2.75) is 12.6 Å². The third kappa shape index (κ3) is 2.43. The Bertz CT molecular complexity index is 343. The molecule has 1 nitrogen and oxygen atoms in total. The van der Waals surface area contributed by atoms with Crippen molar-refractivity contribution in [2.24, 2.45) is 0 Å². The SMILES string of the molecule is Clc1ccc(CN2CC2CBr)c(Cl)c1. The summed E-state index contributed by atoms with van der Waals surface area (Å²) < 4.78 is 0. The van der Waals surface area contributed by atoms with Gasteiger partial charge < -0.3 is 0 Å². The molecule has 0 amide bonds. The molecule has 0 saturated carbocycles. The van der Waals surface area contributed by atoms with Crippen molar-refractivity contribution in [2.75, 3.05) is 11.9 Å². The fourth-order valence-electron chi connectivity index (χ4n) is 1.43. The van der Waals surface area contributed by atoms with Crippen molar-refractivity contribution in [1.29, 1.82) is 0 Å². The third-order valence-electron chi connectivity index (χ3n) is 2.39. The van der Waals surface area contributed by atoms with E-state index in [9.17, 15) is 0 Å². The Hall–Kier alpha value is 0.240. The number of nitrogens with zero attached hydrogens (tertiary/aromatic N) is 1. The van der Waals surface area contributed by atoms with Gasteiger partial charge in [-0.1, -0.05) is 45.2 Å². The lowest BCUT2D eigenvalue weighted by molar-refractivity contribution is 0.518. The maximum atomic E-state index is 6.07. The Kier molecular flexibility index (Phi) is 3.38. The minimum absolute atomic E-state index is 0.682. The van der Waals surface area contributed by atoms with Crippen LogP contribution in [0.25, 0.3) is 0 Å². The molecule has 1 fully saturated rings. The standard InChI is InChI=1S/C10H10BrCl2N/c11-4-9-6-14(9)5-7-1-2-8(12)3-10(7)13/h1-3,9H,4-6H2. The normalized spacial score (nSPS) is 25.1. The first-order valence-corrected chi connectivity index (χ1v) is 6.32. The maximum Gasteiger partial charge on any atom is 0.0465 e. The molecule has 2 rings (SSSR count). The number of alkyl halides is 1. The zero-order chi connectivity index (χ0) is 10.1. The number of rotatable bonds is 3. The van der Waals surface area contributed by atoms with Crippen molar-refractivity contribution < 1.29 is 0 Å². The van der Waals surface area contributed by atoms with Crippen LogP contribution >= 0.6 is 39.1 Å². The molecule has 1 aliphatic rings. The molecular formula is C10H10BrCl2N. The molecule has 0 radical (unpaired) electrons. The molecule has 0 aromatic heterocycles. The van der Waals surface area contributed by atoms with Gasteiger partial charge in [-0.05, 0) is 17.7 Å². The van der Waals surface area contributed by atoms with E-state index in [0.717, 1.165) is 29.0 Å².